The number of phenols is 2. The van der Waals surface area contributed by atoms with Crippen LogP contribution in [0.3, 0.4) is 0 Å². The molecule has 0 saturated heterocycles. The minimum Gasteiger partial charge on any atom is -0.508 e. The lowest BCUT2D eigenvalue weighted by molar-refractivity contribution is 0.474. The van der Waals surface area contributed by atoms with Crippen molar-refractivity contribution in [1.29, 1.82) is 0 Å². The van der Waals surface area contributed by atoms with Gasteiger partial charge in [-0.3, -0.25) is 0 Å². The van der Waals surface area contributed by atoms with E-state index in [0.29, 0.717) is 14.8 Å². The summed E-state index contributed by atoms with van der Waals surface area (Å²) in [5.74, 6) is -0.441. The Morgan fingerprint density at radius 3 is 2.47 bits per heavy atom. The predicted octanol–water partition coefficient (Wildman–Crippen LogP) is 3.18. The summed E-state index contributed by atoms with van der Waals surface area (Å²) in [5.41, 5.74) is 0.991. The molecule has 0 aliphatic carbocycles. The molecule has 0 aliphatic heterocycles. The SMILES string of the molecule is Oc1ccc(-n2nc3ccc(O)cc3c2F)c(I)c1. The fourth-order valence-electron chi connectivity index (χ4n) is 1.87. The van der Waals surface area contributed by atoms with Crippen LogP contribution in [0.15, 0.2) is 36.4 Å². The lowest BCUT2D eigenvalue weighted by atomic mass is 10.2. The van der Waals surface area contributed by atoms with Gasteiger partial charge in [-0.2, -0.15) is 9.49 Å². The Morgan fingerprint density at radius 2 is 1.74 bits per heavy atom. The Kier molecular flexibility index (Phi) is 2.81. The van der Waals surface area contributed by atoms with Gasteiger partial charge in [0, 0.05) is 3.57 Å². The van der Waals surface area contributed by atoms with E-state index in [0.717, 1.165) is 4.68 Å². The van der Waals surface area contributed by atoms with Gasteiger partial charge in [0.2, 0.25) is 5.95 Å². The minimum absolute atomic E-state index is 0.00801. The Morgan fingerprint density at radius 1 is 1.05 bits per heavy atom. The summed E-state index contributed by atoms with van der Waals surface area (Å²) in [7, 11) is 0. The molecule has 3 rings (SSSR count). The number of aromatic hydroxyl groups is 2. The van der Waals surface area contributed by atoms with Gasteiger partial charge < -0.3 is 10.2 Å². The molecule has 0 amide bonds. The molecule has 0 bridgehead atoms. The molecule has 96 valence electrons. The highest BCUT2D eigenvalue weighted by Gasteiger charge is 2.15. The number of aromatic nitrogens is 2. The first-order valence-corrected chi connectivity index (χ1v) is 6.50. The Hall–Kier alpha value is -1.83. The molecule has 0 unspecified atom stereocenters. The van der Waals surface area contributed by atoms with Crippen LogP contribution in [0.2, 0.25) is 0 Å². The van der Waals surface area contributed by atoms with Gasteiger partial charge in [0.25, 0.3) is 0 Å². The van der Waals surface area contributed by atoms with Gasteiger partial charge in [0.05, 0.1) is 16.6 Å². The molecule has 2 aromatic carbocycles. The average Bonchev–Trinajstić information content (AvgIpc) is 2.67. The topological polar surface area (TPSA) is 58.3 Å². The molecule has 1 aromatic heterocycles. The third-order valence-corrected chi connectivity index (χ3v) is 3.62. The van der Waals surface area contributed by atoms with Crippen LogP contribution in [-0.2, 0) is 0 Å². The third-order valence-electron chi connectivity index (χ3n) is 2.76. The van der Waals surface area contributed by atoms with Crippen LogP contribution in [0.4, 0.5) is 4.39 Å². The van der Waals surface area contributed by atoms with E-state index in [4.69, 9.17) is 0 Å². The third kappa shape index (κ3) is 2.01. The van der Waals surface area contributed by atoms with Gasteiger partial charge in [-0.1, -0.05) is 0 Å². The highest BCUT2D eigenvalue weighted by Crippen LogP contribution is 2.27. The van der Waals surface area contributed by atoms with Crippen LogP contribution in [-0.4, -0.2) is 20.0 Å². The van der Waals surface area contributed by atoms with Crippen LogP contribution in [0.25, 0.3) is 16.6 Å². The van der Waals surface area contributed by atoms with E-state index in [1.807, 2.05) is 22.6 Å². The summed E-state index contributed by atoms with van der Waals surface area (Å²) in [4.78, 5) is 0. The normalized spacial score (nSPS) is 11.1. The van der Waals surface area contributed by atoms with Crippen LogP contribution >= 0.6 is 22.6 Å². The lowest BCUT2D eigenvalue weighted by Gasteiger charge is -2.05. The van der Waals surface area contributed by atoms with Gasteiger partial charge in [0.15, 0.2) is 0 Å². The molecule has 0 aliphatic rings. The number of hydrogen-bond acceptors (Lipinski definition) is 3. The van der Waals surface area contributed by atoms with E-state index in [1.54, 1.807) is 12.1 Å². The zero-order chi connectivity index (χ0) is 13.6. The van der Waals surface area contributed by atoms with E-state index in [1.165, 1.54) is 24.3 Å². The highest BCUT2D eigenvalue weighted by molar-refractivity contribution is 14.1. The molecule has 6 heteroatoms. The fourth-order valence-corrected chi connectivity index (χ4v) is 2.60. The zero-order valence-electron chi connectivity index (χ0n) is 9.51. The number of rotatable bonds is 1. The van der Waals surface area contributed by atoms with Crippen molar-refractivity contribution in [2.24, 2.45) is 0 Å². The first kappa shape index (κ1) is 12.2. The molecule has 19 heavy (non-hydrogen) atoms. The standard InChI is InChI=1S/C13H8FIN2O2/c14-13-9-5-7(18)1-3-11(9)16-17(13)12-4-2-8(19)6-10(12)15/h1-6,18-19H. The van der Waals surface area contributed by atoms with Crippen molar-refractivity contribution < 1.29 is 14.6 Å². The van der Waals surface area contributed by atoms with Crippen molar-refractivity contribution >= 4 is 33.5 Å². The number of hydrogen-bond donors (Lipinski definition) is 2. The first-order valence-electron chi connectivity index (χ1n) is 5.42. The molecule has 0 fully saturated rings. The molecule has 4 nitrogen and oxygen atoms in total. The second-order valence-electron chi connectivity index (χ2n) is 4.04. The number of benzene rings is 2. The van der Waals surface area contributed by atoms with Crippen LogP contribution in [0, 0.1) is 9.52 Å². The smallest absolute Gasteiger partial charge is 0.224 e. The molecule has 0 radical (unpaired) electrons. The Labute approximate surface area is 121 Å². The van der Waals surface area contributed by atoms with Gasteiger partial charge >= 0.3 is 0 Å². The van der Waals surface area contributed by atoms with Crippen LogP contribution in [0.5, 0.6) is 11.5 Å². The maximum atomic E-state index is 14.3. The highest BCUT2D eigenvalue weighted by atomic mass is 127. The average molecular weight is 370 g/mol. The molecule has 2 N–H and O–H groups in total. The number of phenolic OH excluding ortho intramolecular Hbond substituents is 2. The van der Waals surface area contributed by atoms with Gasteiger partial charge in [-0.25, -0.2) is 4.68 Å². The summed E-state index contributed by atoms with van der Waals surface area (Å²) in [6.45, 7) is 0. The van der Waals surface area contributed by atoms with Gasteiger partial charge in [0.1, 0.15) is 11.5 Å². The summed E-state index contributed by atoms with van der Waals surface area (Å²) in [6, 6.07) is 8.94. The van der Waals surface area contributed by atoms with Crippen molar-refractivity contribution in [3.05, 3.63) is 45.9 Å². The van der Waals surface area contributed by atoms with E-state index in [9.17, 15) is 14.6 Å². The number of nitrogens with zero attached hydrogens (tertiary/aromatic N) is 2. The molecule has 0 spiro atoms. The quantitative estimate of drug-likeness (QED) is 0.647. The maximum Gasteiger partial charge on any atom is 0.224 e. The number of fused-ring (bicyclic) bond motifs is 1. The predicted molar refractivity (Wildman–Crippen MR) is 77.1 cm³/mol. The zero-order valence-corrected chi connectivity index (χ0v) is 11.7. The summed E-state index contributed by atoms with van der Waals surface area (Å²) >= 11 is 2.00. The van der Waals surface area contributed by atoms with Crippen molar-refractivity contribution in [2.75, 3.05) is 0 Å². The second kappa shape index (κ2) is 4.37. The van der Waals surface area contributed by atoms with Crippen molar-refractivity contribution in [3.8, 4) is 17.2 Å². The maximum absolute atomic E-state index is 14.3. The molecule has 0 saturated carbocycles. The summed E-state index contributed by atoms with van der Waals surface area (Å²) in [6.07, 6.45) is 0. The van der Waals surface area contributed by atoms with E-state index in [-0.39, 0.29) is 16.9 Å². The van der Waals surface area contributed by atoms with Gasteiger partial charge in [-0.05, 0) is 59.0 Å². The van der Waals surface area contributed by atoms with Crippen molar-refractivity contribution in [1.82, 2.24) is 9.78 Å². The minimum atomic E-state index is -0.547. The number of halogens is 2. The molecule has 0 atom stereocenters. The summed E-state index contributed by atoms with van der Waals surface area (Å²) < 4.78 is 16.1. The van der Waals surface area contributed by atoms with Gasteiger partial charge in [-0.15, -0.1) is 0 Å². The van der Waals surface area contributed by atoms with Crippen molar-refractivity contribution in [3.63, 3.8) is 0 Å². The molecular formula is C13H8FIN2O2. The Bertz CT molecular complexity index is 786. The van der Waals surface area contributed by atoms with Crippen LogP contribution in [0.1, 0.15) is 0 Å². The largest absolute Gasteiger partial charge is 0.508 e. The monoisotopic (exact) mass is 370 g/mol. The molecular weight excluding hydrogens is 362 g/mol. The Balaban J connectivity index is 2.28. The fraction of sp³-hybridized carbons (Fsp3) is 0. The summed E-state index contributed by atoms with van der Waals surface area (Å²) in [5, 5.41) is 23.2. The van der Waals surface area contributed by atoms with E-state index >= 15 is 0 Å². The second-order valence-corrected chi connectivity index (χ2v) is 5.20. The van der Waals surface area contributed by atoms with E-state index < -0.39 is 5.95 Å². The first-order chi connectivity index (χ1) is 9.06. The van der Waals surface area contributed by atoms with Crippen molar-refractivity contribution in [2.45, 2.75) is 0 Å². The molecule has 1 heterocycles. The molecule has 3 aromatic rings. The van der Waals surface area contributed by atoms with E-state index in [2.05, 4.69) is 5.10 Å². The lowest BCUT2D eigenvalue weighted by Crippen LogP contribution is -2.01. The van der Waals surface area contributed by atoms with Crippen LogP contribution < -0.4 is 0 Å².